The van der Waals surface area contributed by atoms with Gasteiger partial charge in [0.05, 0.1) is 0 Å². The van der Waals surface area contributed by atoms with Gasteiger partial charge in [-0.3, -0.25) is 0 Å². The van der Waals surface area contributed by atoms with Crippen molar-refractivity contribution in [2.45, 2.75) is 90.4 Å². The summed E-state index contributed by atoms with van der Waals surface area (Å²) in [6.07, 6.45) is 20.2. The van der Waals surface area contributed by atoms with E-state index in [4.69, 9.17) is 0 Å². The molecule has 0 heteroatoms. The van der Waals surface area contributed by atoms with Crippen molar-refractivity contribution in [3.8, 4) is 0 Å². The second kappa shape index (κ2) is 6.64. The lowest BCUT2D eigenvalue weighted by Gasteiger charge is -2.39. The minimum atomic E-state index is 1.08. The van der Waals surface area contributed by atoms with Gasteiger partial charge in [0, 0.05) is 0 Å². The van der Waals surface area contributed by atoms with Gasteiger partial charge < -0.3 is 0 Å². The first kappa shape index (κ1) is 14.0. The fourth-order valence-electron chi connectivity index (χ4n) is 5.58. The highest BCUT2D eigenvalue weighted by Gasteiger charge is 2.33. The normalized spacial score (nSPS) is 41.5. The Balaban J connectivity index is 1.42. The summed E-state index contributed by atoms with van der Waals surface area (Å²) >= 11 is 0. The maximum absolute atomic E-state index is 2.39. The van der Waals surface area contributed by atoms with Crippen molar-refractivity contribution >= 4 is 0 Å². The van der Waals surface area contributed by atoms with Crippen LogP contribution in [0.2, 0.25) is 0 Å². The predicted octanol–water partition coefficient (Wildman–Crippen LogP) is 6.20. The molecule has 110 valence electrons. The zero-order valence-electron chi connectivity index (χ0n) is 13.1. The number of rotatable bonds is 3. The second-order valence-corrected chi connectivity index (χ2v) is 7.91. The van der Waals surface area contributed by atoms with Crippen LogP contribution in [0.4, 0.5) is 0 Å². The molecule has 0 aromatic carbocycles. The lowest BCUT2D eigenvalue weighted by molar-refractivity contribution is 0.125. The van der Waals surface area contributed by atoms with Crippen LogP contribution in [0, 0.1) is 29.6 Å². The average molecular weight is 262 g/mol. The highest BCUT2D eigenvalue weighted by Crippen LogP contribution is 2.45. The van der Waals surface area contributed by atoms with Crippen molar-refractivity contribution in [1.82, 2.24) is 0 Å². The van der Waals surface area contributed by atoms with E-state index in [1.54, 1.807) is 64.2 Å². The van der Waals surface area contributed by atoms with E-state index in [0.29, 0.717) is 0 Å². The predicted molar refractivity (Wildman–Crippen MR) is 83.1 cm³/mol. The van der Waals surface area contributed by atoms with E-state index in [1.807, 2.05) is 0 Å². The van der Waals surface area contributed by atoms with E-state index >= 15 is 0 Å². The van der Waals surface area contributed by atoms with Crippen molar-refractivity contribution < 1.29 is 0 Å². The van der Waals surface area contributed by atoms with Crippen LogP contribution in [0.15, 0.2) is 0 Å². The first-order valence-corrected chi connectivity index (χ1v) is 9.36. The first-order valence-electron chi connectivity index (χ1n) is 9.36. The highest BCUT2D eigenvalue weighted by molar-refractivity contribution is 4.85. The molecule has 0 aromatic heterocycles. The first-order chi connectivity index (χ1) is 9.36. The zero-order chi connectivity index (χ0) is 13.1. The van der Waals surface area contributed by atoms with Crippen LogP contribution < -0.4 is 0 Å². The Morgan fingerprint density at radius 1 is 0.526 bits per heavy atom. The molecule has 0 atom stereocenters. The van der Waals surface area contributed by atoms with Crippen LogP contribution in [-0.2, 0) is 0 Å². The molecule has 3 aliphatic carbocycles. The van der Waals surface area contributed by atoms with Crippen molar-refractivity contribution in [2.75, 3.05) is 0 Å². The van der Waals surface area contributed by atoms with E-state index in [0.717, 1.165) is 29.6 Å². The quantitative estimate of drug-likeness (QED) is 0.568. The van der Waals surface area contributed by atoms with Crippen LogP contribution in [-0.4, -0.2) is 0 Å². The molecule has 3 rings (SSSR count). The third-order valence-corrected chi connectivity index (χ3v) is 7.02. The van der Waals surface area contributed by atoms with Gasteiger partial charge in [0.2, 0.25) is 0 Å². The van der Waals surface area contributed by atoms with Crippen LogP contribution >= 0.6 is 0 Å². The Labute approximate surface area is 120 Å². The Morgan fingerprint density at radius 2 is 0.895 bits per heavy atom. The summed E-state index contributed by atoms with van der Waals surface area (Å²) in [7, 11) is 0. The molecule has 0 amide bonds. The molecule has 3 aliphatic rings. The van der Waals surface area contributed by atoms with Crippen molar-refractivity contribution in [3.63, 3.8) is 0 Å². The summed E-state index contributed by atoms with van der Waals surface area (Å²) < 4.78 is 0. The molecule has 0 N–H and O–H groups in total. The van der Waals surface area contributed by atoms with Gasteiger partial charge in [-0.2, -0.15) is 0 Å². The lowest BCUT2D eigenvalue weighted by Crippen LogP contribution is -2.27. The SMILES string of the molecule is CCC1CCC(C2CCC(C3CCCC3)CC2)CC1. The smallest absolute Gasteiger partial charge is 0.0386 e. The summed E-state index contributed by atoms with van der Waals surface area (Å²) in [6, 6.07) is 0. The molecule has 0 spiro atoms. The van der Waals surface area contributed by atoms with Gasteiger partial charge >= 0.3 is 0 Å². The monoisotopic (exact) mass is 262 g/mol. The molecule has 3 fully saturated rings. The standard InChI is InChI=1S/C19H34/c1-2-15-7-9-17(10-8-15)19-13-11-18(12-14-19)16-5-3-4-6-16/h15-19H,2-14H2,1H3. The summed E-state index contributed by atoms with van der Waals surface area (Å²) in [5, 5.41) is 0. The van der Waals surface area contributed by atoms with E-state index in [-0.39, 0.29) is 0 Å². The Hall–Kier alpha value is 0. The lowest BCUT2D eigenvalue weighted by atomic mass is 9.67. The van der Waals surface area contributed by atoms with Crippen molar-refractivity contribution in [2.24, 2.45) is 29.6 Å². The fourth-order valence-corrected chi connectivity index (χ4v) is 5.58. The molecule has 0 heterocycles. The van der Waals surface area contributed by atoms with Crippen LogP contribution in [0.5, 0.6) is 0 Å². The highest BCUT2D eigenvalue weighted by atomic mass is 14.4. The zero-order valence-corrected chi connectivity index (χ0v) is 13.1. The molecule has 0 radical (unpaired) electrons. The second-order valence-electron chi connectivity index (χ2n) is 7.91. The molecular formula is C19H34. The maximum atomic E-state index is 2.39. The van der Waals surface area contributed by atoms with Gasteiger partial charge in [-0.15, -0.1) is 0 Å². The fraction of sp³-hybridized carbons (Fsp3) is 1.00. The summed E-state index contributed by atoms with van der Waals surface area (Å²) in [5.41, 5.74) is 0. The maximum Gasteiger partial charge on any atom is -0.0386 e. The summed E-state index contributed by atoms with van der Waals surface area (Å²) in [4.78, 5) is 0. The molecule has 0 saturated heterocycles. The van der Waals surface area contributed by atoms with Crippen molar-refractivity contribution in [1.29, 1.82) is 0 Å². The number of hydrogen-bond acceptors (Lipinski definition) is 0. The molecule has 0 bridgehead atoms. The van der Waals surface area contributed by atoms with Crippen LogP contribution in [0.3, 0.4) is 0 Å². The van der Waals surface area contributed by atoms with E-state index < -0.39 is 0 Å². The van der Waals surface area contributed by atoms with Gasteiger partial charge in [0.15, 0.2) is 0 Å². The van der Waals surface area contributed by atoms with E-state index in [9.17, 15) is 0 Å². The van der Waals surface area contributed by atoms with Gasteiger partial charge in [-0.25, -0.2) is 0 Å². The molecule has 19 heavy (non-hydrogen) atoms. The molecule has 0 aliphatic heterocycles. The Kier molecular flexibility index (Phi) is 4.87. The molecule has 0 unspecified atom stereocenters. The van der Waals surface area contributed by atoms with Gasteiger partial charge in [0.25, 0.3) is 0 Å². The average Bonchev–Trinajstić information content (AvgIpc) is 3.02. The summed E-state index contributed by atoms with van der Waals surface area (Å²) in [5.74, 6) is 5.58. The third kappa shape index (κ3) is 3.37. The molecule has 0 aromatic rings. The van der Waals surface area contributed by atoms with Crippen molar-refractivity contribution in [3.05, 3.63) is 0 Å². The largest absolute Gasteiger partial charge is 0.0651 e. The summed E-state index contributed by atoms with van der Waals surface area (Å²) in [6.45, 7) is 2.39. The minimum Gasteiger partial charge on any atom is -0.0651 e. The Bertz CT molecular complexity index is 247. The number of hydrogen-bond donors (Lipinski definition) is 0. The van der Waals surface area contributed by atoms with Crippen LogP contribution in [0.25, 0.3) is 0 Å². The topological polar surface area (TPSA) is 0 Å². The Morgan fingerprint density at radius 3 is 1.32 bits per heavy atom. The molecular weight excluding hydrogens is 228 g/mol. The molecule has 0 nitrogen and oxygen atoms in total. The van der Waals surface area contributed by atoms with Gasteiger partial charge in [-0.05, 0) is 68.1 Å². The van der Waals surface area contributed by atoms with Crippen LogP contribution in [0.1, 0.15) is 90.4 Å². The minimum absolute atomic E-state index is 1.08. The van der Waals surface area contributed by atoms with Gasteiger partial charge in [0.1, 0.15) is 0 Å². The van der Waals surface area contributed by atoms with Gasteiger partial charge in [-0.1, -0.05) is 51.9 Å². The molecule has 3 saturated carbocycles. The third-order valence-electron chi connectivity index (χ3n) is 7.02. The van der Waals surface area contributed by atoms with E-state index in [2.05, 4.69) is 6.92 Å². The van der Waals surface area contributed by atoms with E-state index in [1.165, 1.54) is 19.3 Å².